The smallest absolute Gasteiger partial charge is 0.228 e. The van der Waals surface area contributed by atoms with Crippen LogP contribution in [0.15, 0.2) is 0 Å². The molecule has 26 heavy (non-hydrogen) atoms. The third-order valence-electron chi connectivity index (χ3n) is 5.58. The van der Waals surface area contributed by atoms with Gasteiger partial charge in [-0.2, -0.15) is 0 Å². The molecule has 0 bridgehead atoms. The van der Waals surface area contributed by atoms with Crippen LogP contribution in [-0.4, -0.2) is 28.9 Å². The summed E-state index contributed by atoms with van der Waals surface area (Å²) in [5.74, 6) is 0.00374. The van der Waals surface area contributed by atoms with Gasteiger partial charge in [-0.3, -0.25) is 0 Å². The molecule has 1 atom stereocenters. The number of unbranched alkanes of at least 4 members (excludes halogenated alkanes) is 14. The maximum Gasteiger partial charge on any atom is 0.345 e. The number of amides is 1. The van der Waals surface area contributed by atoms with Crippen LogP contribution < -0.4 is 0 Å². The minimum atomic E-state index is -0.366. The van der Waals surface area contributed by atoms with Gasteiger partial charge in [0.05, 0.1) is 6.42 Å². The normalized spacial score (nSPS) is 13.7. The van der Waals surface area contributed by atoms with E-state index in [2.05, 4.69) is 6.92 Å². The molecule has 0 fully saturated rings. The molecule has 0 saturated heterocycles. The molecular formula is C23H48NO2+. The fraction of sp³-hybridized carbons (Fsp3) is 0.957. The van der Waals surface area contributed by atoms with Crippen LogP contribution in [0.25, 0.3) is 0 Å². The third kappa shape index (κ3) is 13.7. The molecule has 156 valence electrons. The molecule has 0 aromatic carbocycles. The van der Waals surface area contributed by atoms with Crippen LogP contribution in [0.1, 0.15) is 130 Å². The molecule has 0 rings (SSSR count). The Hall–Kier alpha value is -0.410. The summed E-state index contributed by atoms with van der Waals surface area (Å²) in [4.78, 5) is 12.1. The van der Waals surface area contributed by atoms with Crippen LogP contribution in [0.4, 0.5) is 0 Å². The van der Waals surface area contributed by atoms with E-state index in [1.54, 1.807) is 0 Å². The van der Waals surface area contributed by atoms with Crippen LogP contribution in [0.3, 0.4) is 0 Å². The van der Waals surface area contributed by atoms with Gasteiger partial charge in [0.15, 0.2) is 0 Å². The predicted molar refractivity (Wildman–Crippen MR) is 112 cm³/mol. The zero-order chi connectivity index (χ0) is 19.5. The molecule has 0 aliphatic carbocycles. The summed E-state index contributed by atoms with van der Waals surface area (Å²) in [6.45, 7) is 7.22. The van der Waals surface area contributed by atoms with E-state index in [1.165, 1.54) is 83.5 Å². The standard InChI is InChI=1S/C23H48NO2/c1-4-7-8-9-10-11-12-13-14-15-16-17-18-19-20-21-23(25)24(26,6-3)22-5-2/h26H,4-22H2,1-3H3/q+1. The molecular weight excluding hydrogens is 322 g/mol. The number of quaternary nitrogens is 1. The molecule has 0 heterocycles. The Morgan fingerprint density at radius 2 is 1.00 bits per heavy atom. The van der Waals surface area contributed by atoms with Crippen LogP contribution in [0.2, 0.25) is 0 Å². The lowest BCUT2D eigenvalue weighted by Crippen LogP contribution is -2.50. The van der Waals surface area contributed by atoms with Crippen molar-refractivity contribution in [2.45, 2.75) is 130 Å². The summed E-state index contributed by atoms with van der Waals surface area (Å²) in [7, 11) is 0. The summed E-state index contributed by atoms with van der Waals surface area (Å²) in [5.41, 5.74) is 0. The topological polar surface area (TPSA) is 37.3 Å². The van der Waals surface area contributed by atoms with Crippen molar-refractivity contribution in [1.29, 1.82) is 0 Å². The van der Waals surface area contributed by atoms with E-state index in [4.69, 9.17) is 0 Å². The fourth-order valence-corrected chi connectivity index (χ4v) is 3.68. The lowest BCUT2D eigenvalue weighted by atomic mass is 10.0. The third-order valence-corrected chi connectivity index (χ3v) is 5.58. The van der Waals surface area contributed by atoms with Gasteiger partial charge in [-0.05, 0) is 19.8 Å². The van der Waals surface area contributed by atoms with Crippen LogP contribution in [0, 0.1) is 0 Å². The summed E-state index contributed by atoms with van der Waals surface area (Å²) < 4.78 is -0.366. The number of carbonyl (C=O) groups excluding carboxylic acids is 1. The van der Waals surface area contributed by atoms with Crippen molar-refractivity contribution in [2.24, 2.45) is 0 Å². The lowest BCUT2D eigenvalue weighted by molar-refractivity contribution is -1.04. The number of hydrogen-bond donors (Lipinski definition) is 1. The Kier molecular flexibility index (Phi) is 17.7. The number of nitrogens with zero attached hydrogens (tertiary/aromatic N) is 1. The molecule has 0 saturated carbocycles. The van der Waals surface area contributed by atoms with Gasteiger partial charge in [-0.1, -0.05) is 104 Å². The highest BCUT2D eigenvalue weighted by molar-refractivity contribution is 5.68. The number of hydroxylamine groups is 3. The number of carbonyl (C=O) groups is 1. The van der Waals surface area contributed by atoms with Gasteiger partial charge in [-0.15, -0.1) is 4.65 Å². The van der Waals surface area contributed by atoms with Gasteiger partial charge in [0, 0.05) is 0 Å². The number of hydrogen-bond acceptors (Lipinski definition) is 2. The summed E-state index contributed by atoms with van der Waals surface area (Å²) in [5, 5.41) is 10.3. The summed E-state index contributed by atoms with van der Waals surface area (Å²) in [6.07, 6.45) is 21.4. The van der Waals surface area contributed by atoms with Crippen molar-refractivity contribution in [3.8, 4) is 0 Å². The summed E-state index contributed by atoms with van der Waals surface area (Å²) >= 11 is 0. The first-order valence-electron chi connectivity index (χ1n) is 11.7. The van der Waals surface area contributed by atoms with E-state index in [1.807, 2.05) is 13.8 Å². The van der Waals surface area contributed by atoms with Crippen molar-refractivity contribution in [3.05, 3.63) is 0 Å². The van der Waals surface area contributed by atoms with Gasteiger partial charge >= 0.3 is 5.91 Å². The van der Waals surface area contributed by atoms with Gasteiger partial charge in [0.1, 0.15) is 13.1 Å². The highest BCUT2D eigenvalue weighted by Gasteiger charge is 2.31. The van der Waals surface area contributed by atoms with Crippen molar-refractivity contribution in [3.63, 3.8) is 0 Å². The lowest BCUT2D eigenvalue weighted by Gasteiger charge is -2.25. The molecule has 0 aliphatic heterocycles. The molecule has 0 radical (unpaired) electrons. The minimum Gasteiger partial charge on any atom is -0.228 e. The van der Waals surface area contributed by atoms with E-state index in [9.17, 15) is 10.0 Å². The first-order valence-corrected chi connectivity index (χ1v) is 11.7. The van der Waals surface area contributed by atoms with Crippen LogP contribution in [0.5, 0.6) is 0 Å². The fourth-order valence-electron chi connectivity index (χ4n) is 3.68. The largest absolute Gasteiger partial charge is 0.345 e. The Labute approximate surface area is 164 Å². The van der Waals surface area contributed by atoms with Crippen molar-refractivity contribution >= 4 is 5.91 Å². The minimum absolute atomic E-state index is 0.00374. The van der Waals surface area contributed by atoms with E-state index in [0.29, 0.717) is 19.5 Å². The summed E-state index contributed by atoms with van der Waals surface area (Å²) in [6, 6.07) is 0. The van der Waals surface area contributed by atoms with E-state index >= 15 is 0 Å². The molecule has 1 unspecified atom stereocenters. The Balaban J connectivity index is 3.35. The second-order valence-corrected chi connectivity index (χ2v) is 8.06. The maximum absolute atomic E-state index is 12.1. The second kappa shape index (κ2) is 18.0. The second-order valence-electron chi connectivity index (χ2n) is 8.06. The first kappa shape index (κ1) is 25.6. The van der Waals surface area contributed by atoms with Gasteiger partial charge < -0.3 is 0 Å². The Morgan fingerprint density at radius 1 is 0.615 bits per heavy atom. The zero-order valence-electron chi connectivity index (χ0n) is 18.2. The quantitative estimate of drug-likeness (QED) is 0.111. The van der Waals surface area contributed by atoms with E-state index < -0.39 is 0 Å². The van der Waals surface area contributed by atoms with Crippen LogP contribution >= 0.6 is 0 Å². The molecule has 1 amide bonds. The van der Waals surface area contributed by atoms with Crippen molar-refractivity contribution < 1.29 is 14.6 Å². The Bertz CT molecular complexity index is 319. The Morgan fingerprint density at radius 3 is 1.35 bits per heavy atom. The van der Waals surface area contributed by atoms with Gasteiger partial charge in [0.25, 0.3) is 0 Å². The molecule has 0 aliphatic rings. The average Bonchev–Trinajstić information content (AvgIpc) is 2.64. The molecule has 3 heteroatoms. The SMILES string of the molecule is CCCCCCCCCCCCCCCCCC(=O)[N+](O)(CC)CCC. The van der Waals surface area contributed by atoms with Crippen molar-refractivity contribution in [1.82, 2.24) is 0 Å². The van der Waals surface area contributed by atoms with Gasteiger partial charge in [-0.25, -0.2) is 10.0 Å². The first-order chi connectivity index (χ1) is 12.6. The monoisotopic (exact) mass is 370 g/mol. The highest BCUT2D eigenvalue weighted by Crippen LogP contribution is 2.15. The van der Waals surface area contributed by atoms with E-state index in [-0.39, 0.29) is 10.6 Å². The van der Waals surface area contributed by atoms with Crippen LogP contribution in [-0.2, 0) is 4.79 Å². The molecule has 0 spiro atoms. The maximum atomic E-state index is 12.1. The van der Waals surface area contributed by atoms with Gasteiger partial charge in [0.2, 0.25) is 0 Å². The number of rotatable bonds is 19. The average molecular weight is 371 g/mol. The molecule has 1 N–H and O–H groups in total. The predicted octanol–water partition coefficient (Wildman–Crippen LogP) is 7.41. The van der Waals surface area contributed by atoms with Crippen molar-refractivity contribution in [2.75, 3.05) is 13.1 Å². The van der Waals surface area contributed by atoms with E-state index in [0.717, 1.165) is 19.3 Å². The molecule has 0 aromatic rings. The molecule has 0 aromatic heterocycles. The molecule has 3 nitrogen and oxygen atoms in total. The highest BCUT2D eigenvalue weighted by atomic mass is 16.6. The zero-order valence-corrected chi connectivity index (χ0v) is 18.2.